The largest absolute Gasteiger partial charge is 0.421 e. The summed E-state index contributed by atoms with van der Waals surface area (Å²) in [5.74, 6) is 0. The first-order chi connectivity index (χ1) is 7.11. The van der Waals surface area contributed by atoms with Gasteiger partial charge in [-0.3, -0.25) is 0 Å². The van der Waals surface area contributed by atoms with E-state index in [1.165, 1.54) is 0 Å². The van der Waals surface area contributed by atoms with Gasteiger partial charge in [0.15, 0.2) is 5.58 Å². The molecule has 0 aliphatic carbocycles. The van der Waals surface area contributed by atoms with E-state index in [9.17, 15) is 4.79 Å². The minimum Gasteiger partial charge on any atom is -0.421 e. The van der Waals surface area contributed by atoms with Crippen LogP contribution in [0, 0.1) is 0 Å². The van der Waals surface area contributed by atoms with E-state index in [0.29, 0.717) is 15.6 Å². The van der Waals surface area contributed by atoms with Gasteiger partial charge in [-0.05, 0) is 34.1 Å². The number of halogens is 3. The van der Waals surface area contributed by atoms with E-state index in [4.69, 9.17) is 4.42 Å². The van der Waals surface area contributed by atoms with Gasteiger partial charge < -0.3 is 4.42 Å². The Hall–Kier alpha value is 0.120. The summed E-state index contributed by atoms with van der Waals surface area (Å²) in [6.45, 7) is 0. The minimum absolute atomic E-state index is 0.264. The Morgan fingerprint density at radius 3 is 2.67 bits per heavy atom. The van der Waals surface area contributed by atoms with E-state index in [0.717, 1.165) is 14.3 Å². The molecular formula is C10H5Br2IO2. The van der Waals surface area contributed by atoms with Crippen LogP contribution in [-0.4, -0.2) is 0 Å². The molecule has 2 aromatic rings. The van der Waals surface area contributed by atoms with Gasteiger partial charge in [0.1, 0.15) is 0 Å². The fourth-order valence-corrected chi connectivity index (χ4v) is 3.16. The first-order valence-corrected chi connectivity index (χ1v) is 7.20. The summed E-state index contributed by atoms with van der Waals surface area (Å²) in [6, 6.07) is 5.65. The maximum atomic E-state index is 11.5. The SMILES string of the molecule is O=c1oc2c(Br)cc(Br)cc2cc1CI. The van der Waals surface area contributed by atoms with Crippen LogP contribution in [0.4, 0.5) is 0 Å². The molecule has 1 heterocycles. The predicted molar refractivity (Wildman–Crippen MR) is 75.6 cm³/mol. The van der Waals surface area contributed by atoms with Crippen molar-refractivity contribution in [3.8, 4) is 0 Å². The van der Waals surface area contributed by atoms with E-state index in [1.807, 2.05) is 18.2 Å². The molecular weight excluding hydrogens is 439 g/mol. The van der Waals surface area contributed by atoms with Gasteiger partial charge in [-0.15, -0.1) is 0 Å². The molecule has 0 atom stereocenters. The molecule has 0 aliphatic heterocycles. The summed E-state index contributed by atoms with van der Waals surface area (Å²) >= 11 is 8.91. The Bertz CT molecular complexity index is 577. The predicted octanol–water partition coefficient (Wildman–Crippen LogP) is 4.25. The molecule has 1 aromatic carbocycles. The summed E-state index contributed by atoms with van der Waals surface area (Å²) in [6.07, 6.45) is 0. The van der Waals surface area contributed by atoms with Gasteiger partial charge >= 0.3 is 5.63 Å². The lowest BCUT2D eigenvalue weighted by atomic mass is 10.2. The lowest BCUT2D eigenvalue weighted by Gasteiger charge is -2.02. The summed E-state index contributed by atoms with van der Waals surface area (Å²) in [7, 11) is 0. The van der Waals surface area contributed by atoms with Crippen molar-refractivity contribution in [1.29, 1.82) is 0 Å². The quantitative estimate of drug-likeness (QED) is 0.375. The van der Waals surface area contributed by atoms with Crippen molar-refractivity contribution >= 4 is 65.4 Å². The van der Waals surface area contributed by atoms with Gasteiger partial charge in [-0.2, -0.15) is 0 Å². The van der Waals surface area contributed by atoms with Gasteiger partial charge in [-0.1, -0.05) is 38.5 Å². The summed E-state index contributed by atoms with van der Waals surface area (Å²) in [5, 5.41) is 0.919. The summed E-state index contributed by atoms with van der Waals surface area (Å²) in [4.78, 5) is 11.5. The molecule has 0 saturated carbocycles. The van der Waals surface area contributed by atoms with Crippen LogP contribution in [0.2, 0.25) is 0 Å². The van der Waals surface area contributed by atoms with Gasteiger partial charge in [0.25, 0.3) is 0 Å². The molecule has 0 unspecified atom stereocenters. The van der Waals surface area contributed by atoms with E-state index < -0.39 is 0 Å². The smallest absolute Gasteiger partial charge is 0.340 e. The van der Waals surface area contributed by atoms with Crippen molar-refractivity contribution in [3.63, 3.8) is 0 Å². The third kappa shape index (κ3) is 2.29. The Morgan fingerprint density at radius 1 is 1.27 bits per heavy atom. The fraction of sp³-hybridized carbons (Fsp3) is 0.100. The van der Waals surface area contributed by atoms with E-state index in [1.54, 1.807) is 0 Å². The second-order valence-electron chi connectivity index (χ2n) is 3.00. The lowest BCUT2D eigenvalue weighted by molar-refractivity contribution is 0.553. The highest BCUT2D eigenvalue weighted by Gasteiger charge is 2.07. The van der Waals surface area contributed by atoms with Gasteiger partial charge in [-0.25, -0.2) is 4.79 Å². The van der Waals surface area contributed by atoms with Crippen LogP contribution in [0.1, 0.15) is 5.56 Å². The first kappa shape index (κ1) is 11.6. The molecule has 0 bridgehead atoms. The van der Waals surface area contributed by atoms with Crippen LogP contribution in [-0.2, 0) is 4.43 Å². The van der Waals surface area contributed by atoms with Crippen LogP contribution in [0.25, 0.3) is 11.0 Å². The molecule has 0 saturated heterocycles. The van der Waals surface area contributed by atoms with E-state index >= 15 is 0 Å². The maximum absolute atomic E-state index is 11.5. The van der Waals surface area contributed by atoms with Crippen molar-refractivity contribution in [2.24, 2.45) is 0 Å². The highest BCUT2D eigenvalue weighted by atomic mass is 127. The lowest BCUT2D eigenvalue weighted by Crippen LogP contribution is -2.04. The molecule has 0 N–H and O–H groups in total. The van der Waals surface area contributed by atoms with Crippen LogP contribution >= 0.6 is 54.5 Å². The van der Waals surface area contributed by atoms with Crippen LogP contribution in [0.15, 0.2) is 36.4 Å². The zero-order valence-electron chi connectivity index (χ0n) is 7.39. The molecule has 78 valence electrons. The molecule has 0 fully saturated rings. The number of fused-ring (bicyclic) bond motifs is 1. The maximum Gasteiger partial charge on any atom is 0.340 e. The number of benzene rings is 1. The van der Waals surface area contributed by atoms with Crippen molar-refractivity contribution in [2.75, 3.05) is 0 Å². The van der Waals surface area contributed by atoms with Crippen molar-refractivity contribution in [2.45, 2.75) is 4.43 Å². The molecule has 2 nitrogen and oxygen atoms in total. The highest BCUT2D eigenvalue weighted by molar-refractivity contribution is 14.1. The van der Waals surface area contributed by atoms with Crippen LogP contribution in [0.3, 0.4) is 0 Å². The zero-order valence-corrected chi connectivity index (χ0v) is 12.7. The van der Waals surface area contributed by atoms with Crippen molar-refractivity contribution < 1.29 is 4.42 Å². The first-order valence-electron chi connectivity index (χ1n) is 4.09. The Kier molecular flexibility index (Phi) is 3.52. The topological polar surface area (TPSA) is 30.2 Å². The highest BCUT2D eigenvalue weighted by Crippen LogP contribution is 2.28. The van der Waals surface area contributed by atoms with Gasteiger partial charge in [0.05, 0.1) is 4.47 Å². The zero-order chi connectivity index (χ0) is 11.0. The Labute approximate surface area is 116 Å². The van der Waals surface area contributed by atoms with E-state index in [2.05, 4.69) is 54.5 Å². The molecule has 0 aliphatic rings. The summed E-state index contributed by atoms with van der Waals surface area (Å²) < 4.78 is 7.63. The third-order valence-corrected chi connectivity index (χ3v) is 3.84. The average Bonchev–Trinajstić information content (AvgIpc) is 2.18. The second-order valence-corrected chi connectivity index (χ2v) is 5.53. The molecule has 2 rings (SSSR count). The third-order valence-electron chi connectivity index (χ3n) is 1.97. The van der Waals surface area contributed by atoms with Crippen molar-refractivity contribution in [1.82, 2.24) is 0 Å². The molecule has 1 aromatic heterocycles. The van der Waals surface area contributed by atoms with Crippen LogP contribution < -0.4 is 5.63 Å². The normalized spacial score (nSPS) is 10.9. The Balaban J connectivity index is 2.87. The molecule has 0 radical (unpaired) electrons. The molecule has 0 amide bonds. The van der Waals surface area contributed by atoms with Crippen molar-refractivity contribution in [3.05, 3.63) is 43.1 Å². The fourth-order valence-electron chi connectivity index (χ4n) is 1.29. The van der Waals surface area contributed by atoms with Gasteiger partial charge in [0, 0.05) is 19.8 Å². The van der Waals surface area contributed by atoms with Crippen LogP contribution in [0.5, 0.6) is 0 Å². The monoisotopic (exact) mass is 442 g/mol. The molecule has 5 heteroatoms. The number of rotatable bonds is 1. The number of hydrogen-bond acceptors (Lipinski definition) is 2. The number of alkyl halides is 1. The van der Waals surface area contributed by atoms with E-state index in [-0.39, 0.29) is 5.63 Å². The molecule has 0 spiro atoms. The average molecular weight is 444 g/mol. The molecule has 15 heavy (non-hydrogen) atoms. The number of hydrogen-bond donors (Lipinski definition) is 0. The summed E-state index contributed by atoms with van der Waals surface area (Å²) in [5.41, 5.74) is 1.02. The Morgan fingerprint density at radius 2 is 2.00 bits per heavy atom. The minimum atomic E-state index is -0.264. The second kappa shape index (κ2) is 4.55. The van der Waals surface area contributed by atoms with Gasteiger partial charge in [0.2, 0.25) is 0 Å². The standard InChI is InChI=1S/C10H5Br2IO2/c11-7-2-5-1-6(4-13)10(14)15-9(5)8(12)3-7/h1-3H,4H2.